The Morgan fingerprint density at radius 2 is 2.09 bits per heavy atom. The van der Waals surface area contributed by atoms with E-state index in [-0.39, 0.29) is 0 Å². The highest BCUT2D eigenvalue weighted by atomic mass is 35.5. The standard InChI is InChI=1S/C7H10ClN3/c8-5-2-1-3-6(4-5)11-7(9)10/h1-4,7,11H,9-10H2. The van der Waals surface area contributed by atoms with Gasteiger partial charge in [0.15, 0.2) is 0 Å². The lowest BCUT2D eigenvalue weighted by Crippen LogP contribution is -2.38. The van der Waals surface area contributed by atoms with Crippen LogP contribution in [0.25, 0.3) is 0 Å². The summed E-state index contributed by atoms with van der Waals surface area (Å²) in [5, 5.41) is 3.48. The van der Waals surface area contributed by atoms with E-state index in [1.165, 1.54) is 0 Å². The number of hydrogen-bond acceptors (Lipinski definition) is 3. The zero-order valence-electron chi connectivity index (χ0n) is 5.92. The normalized spacial score (nSPS) is 10.2. The lowest BCUT2D eigenvalue weighted by atomic mass is 10.3. The topological polar surface area (TPSA) is 64.1 Å². The van der Waals surface area contributed by atoms with E-state index < -0.39 is 6.29 Å². The van der Waals surface area contributed by atoms with Gasteiger partial charge < -0.3 is 5.32 Å². The van der Waals surface area contributed by atoms with E-state index >= 15 is 0 Å². The zero-order valence-corrected chi connectivity index (χ0v) is 6.68. The summed E-state index contributed by atoms with van der Waals surface area (Å²) in [6.07, 6.45) is -0.548. The van der Waals surface area contributed by atoms with E-state index in [0.717, 1.165) is 5.69 Å². The molecule has 0 aliphatic heterocycles. The van der Waals surface area contributed by atoms with Gasteiger partial charge in [-0.05, 0) is 18.2 Å². The molecule has 0 aliphatic rings. The molecule has 3 nitrogen and oxygen atoms in total. The van der Waals surface area contributed by atoms with Crippen LogP contribution in [0.3, 0.4) is 0 Å². The minimum absolute atomic E-state index is 0.548. The molecule has 0 heterocycles. The van der Waals surface area contributed by atoms with Crippen molar-refractivity contribution in [2.45, 2.75) is 6.29 Å². The monoisotopic (exact) mass is 171 g/mol. The fourth-order valence-corrected chi connectivity index (χ4v) is 0.961. The van der Waals surface area contributed by atoms with Crippen molar-refractivity contribution in [3.05, 3.63) is 29.3 Å². The van der Waals surface area contributed by atoms with E-state index in [1.54, 1.807) is 12.1 Å². The maximum absolute atomic E-state index is 5.71. The Bertz CT molecular complexity index is 237. The molecule has 0 aliphatic carbocycles. The van der Waals surface area contributed by atoms with Gasteiger partial charge in [0.2, 0.25) is 0 Å². The first-order valence-corrected chi connectivity index (χ1v) is 3.59. The Morgan fingerprint density at radius 1 is 1.36 bits per heavy atom. The molecule has 0 radical (unpaired) electrons. The summed E-state index contributed by atoms with van der Waals surface area (Å²) in [6, 6.07) is 7.22. The van der Waals surface area contributed by atoms with Gasteiger partial charge in [-0.15, -0.1) is 0 Å². The maximum atomic E-state index is 5.71. The van der Waals surface area contributed by atoms with Crippen LogP contribution in [-0.4, -0.2) is 6.29 Å². The number of hydrogen-bond donors (Lipinski definition) is 3. The minimum Gasteiger partial charge on any atom is -0.358 e. The van der Waals surface area contributed by atoms with Crippen LogP contribution in [0.15, 0.2) is 24.3 Å². The highest BCUT2D eigenvalue weighted by Gasteiger charge is 1.94. The summed E-state index contributed by atoms with van der Waals surface area (Å²) in [4.78, 5) is 0. The van der Waals surface area contributed by atoms with Crippen molar-refractivity contribution in [2.75, 3.05) is 5.32 Å². The lowest BCUT2D eigenvalue weighted by Gasteiger charge is -2.09. The summed E-state index contributed by atoms with van der Waals surface area (Å²) in [5.74, 6) is 0. The fourth-order valence-electron chi connectivity index (χ4n) is 0.771. The largest absolute Gasteiger partial charge is 0.358 e. The molecule has 0 saturated carbocycles. The van der Waals surface area contributed by atoms with Gasteiger partial charge in [0.25, 0.3) is 0 Å². The number of anilines is 1. The summed E-state index contributed by atoms with van der Waals surface area (Å²) < 4.78 is 0. The second-order valence-electron chi connectivity index (χ2n) is 2.18. The van der Waals surface area contributed by atoms with Crippen molar-refractivity contribution in [1.82, 2.24) is 0 Å². The van der Waals surface area contributed by atoms with E-state index in [2.05, 4.69) is 5.32 Å². The Hall–Kier alpha value is -0.770. The average molecular weight is 172 g/mol. The van der Waals surface area contributed by atoms with Crippen molar-refractivity contribution in [1.29, 1.82) is 0 Å². The molecule has 0 fully saturated rings. The van der Waals surface area contributed by atoms with Crippen LogP contribution in [0, 0.1) is 0 Å². The van der Waals surface area contributed by atoms with Gasteiger partial charge in [-0.25, -0.2) is 0 Å². The van der Waals surface area contributed by atoms with Crippen molar-refractivity contribution < 1.29 is 0 Å². The van der Waals surface area contributed by atoms with Crippen molar-refractivity contribution in [3.8, 4) is 0 Å². The van der Waals surface area contributed by atoms with Crippen LogP contribution in [0.2, 0.25) is 5.02 Å². The van der Waals surface area contributed by atoms with Crippen molar-refractivity contribution in [2.24, 2.45) is 11.5 Å². The number of benzene rings is 1. The molecule has 4 heteroatoms. The van der Waals surface area contributed by atoms with Gasteiger partial charge >= 0.3 is 0 Å². The maximum Gasteiger partial charge on any atom is 0.127 e. The van der Waals surface area contributed by atoms with Gasteiger partial charge in [-0.1, -0.05) is 17.7 Å². The third-order valence-corrected chi connectivity index (χ3v) is 1.39. The Labute approximate surface area is 70.3 Å². The van der Waals surface area contributed by atoms with E-state index in [4.69, 9.17) is 23.1 Å². The fraction of sp³-hybridized carbons (Fsp3) is 0.143. The first-order chi connectivity index (χ1) is 5.18. The van der Waals surface area contributed by atoms with Crippen molar-refractivity contribution >= 4 is 17.3 Å². The molecule has 1 aromatic rings. The molecule has 0 amide bonds. The Kier molecular flexibility index (Phi) is 2.70. The second kappa shape index (κ2) is 3.57. The first kappa shape index (κ1) is 8.33. The second-order valence-corrected chi connectivity index (χ2v) is 2.62. The SMILES string of the molecule is NC(N)Nc1cccc(Cl)c1. The predicted molar refractivity (Wildman–Crippen MR) is 47.2 cm³/mol. The van der Waals surface area contributed by atoms with Crippen LogP contribution in [0.5, 0.6) is 0 Å². The predicted octanol–water partition coefficient (Wildman–Crippen LogP) is 0.953. The molecule has 1 aromatic carbocycles. The van der Waals surface area contributed by atoms with Crippen LogP contribution in [0.1, 0.15) is 0 Å². The third-order valence-electron chi connectivity index (χ3n) is 1.16. The summed E-state index contributed by atoms with van der Waals surface area (Å²) in [6.45, 7) is 0. The van der Waals surface area contributed by atoms with Gasteiger partial charge in [-0.3, -0.25) is 11.5 Å². The molecule has 1 rings (SSSR count). The van der Waals surface area contributed by atoms with E-state index in [1.807, 2.05) is 12.1 Å². The highest BCUT2D eigenvalue weighted by molar-refractivity contribution is 6.30. The molecule has 0 spiro atoms. The molecule has 0 atom stereocenters. The smallest absolute Gasteiger partial charge is 0.127 e. The van der Waals surface area contributed by atoms with Crippen LogP contribution < -0.4 is 16.8 Å². The van der Waals surface area contributed by atoms with Crippen LogP contribution in [-0.2, 0) is 0 Å². The zero-order chi connectivity index (χ0) is 8.27. The molecule has 11 heavy (non-hydrogen) atoms. The van der Waals surface area contributed by atoms with Crippen LogP contribution >= 0.6 is 11.6 Å². The molecule has 0 bridgehead atoms. The number of nitrogens with two attached hydrogens (primary N) is 2. The quantitative estimate of drug-likeness (QED) is 0.581. The average Bonchev–Trinajstić information content (AvgIpc) is 1.85. The number of nitrogens with one attached hydrogen (secondary N) is 1. The van der Waals surface area contributed by atoms with Gasteiger partial charge in [0.05, 0.1) is 0 Å². The molecular formula is C7H10ClN3. The van der Waals surface area contributed by atoms with Crippen molar-refractivity contribution in [3.63, 3.8) is 0 Å². The van der Waals surface area contributed by atoms with Gasteiger partial charge in [0.1, 0.15) is 6.29 Å². The van der Waals surface area contributed by atoms with Crippen LogP contribution in [0.4, 0.5) is 5.69 Å². The molecule has 60 valence electrons. The molecule has 5 N–H and O–H groups in total. The summed E-state index contributed by atoms with van der Waals surface area (Å²) in [5.41, 5.74) is 11.4. The molecule has 0 saturated heterocycles. The molecular weight excluding hydrogens is 162 g/mol. The summed E-state index contributed by atoms with van der Waals surface area (Å²) in [7, 11) is 0. The third kappa shape index (κ3) is 2.76. The van der Waals surface area contributed by atoms with E-state index in [9.17, 15) is 0 Å². The molecule has 0 aromatic heterocycles. The summed E-state index contributed by atoms with van der Waals surface area (Å²) >= 11 is 5.71. The van der Waals surface area contributed by atoms with E-state index in [0.29, 0.717) is 5.02 Å². The minimum atomic E-state index is -0.548. The van der Waals surface area contributed by atoms with Gasteiger partial charge in [-0.2, -0.15) is 0 Å². The van der Waals surface area contributed by atoms with Gasteiger partial charge in [0, 0.05) is 10.7 Å². The number of halogens is 1. The molecule has 0 unspecified atom stereocenters. The Morgan fingerprint density at radius 3 is 2.64 bits per heavy atom. The lowest BCUT2D eigenvalue weighted by molar-refractivity contribution is 0.808. The highest BCUT2D eigenvalue weighted by Crippen LogP contribution is 2.14. The number of rotatable bonds is 2. The Balaban J connectivity index is 2.71. The first-order valence-electron chi connectivity index (χ1n) is 3.22.